The number of hydrogen-bond acceptors (Lipinski definition) is 10. The second-order valence-electron chi connectivity index (χ2n) is 28.9. The third-order valence-electron chi connectivity index (χ3n) is 19.9. The van der Waals surface area contributed by atoms with E-state index in [0.717, 1.165) is 34.9 Å². The number of nitrogens with one attached hydrogen (secondary N) is 4. The quantitative estimate of drug-likeness (QED) is 0.0848. The van der Waals surface area contributed by atoms with Gasteiger partial charge in [-0.1, -0.05) is 108 Å². The third-order valence-corrected chi connectivity index (χ3v) is 19.9. The summed E-state index contributed by atoms with van der Waals surface area (Å²) in [6.45, 7) is 16.2. The summed E-state index contributed by atoms with van der Waals surface area (Å²) in [5.74, 6) is -2.34. The number of carbonyl (C=O) groups is 6. The molecule has 3 aliphatic heterocycles. The molecule has 12 aromatic rings. The first-order valence-electron chi connectivity index (χ1n) is 35.3. The van der Waals surface area contributed by atoms with Crippen molar-refractivity contribution in [3.8, 4) is 33.4 Å². The minimum atomic E-state index is -4.74. The second kappa shape index (κ2) is 29.5. The van der Waals surface area contributed by atoms with Crippen molar-refractivity contribution in [2.45, 2.75) is 97.1 Å². The summed E-state index contributed by atoms with van der Waals surface area (Å²) in [7, 11) is 1.75. The fraction of sp³-hybridized carbons (Fsp3) is 0.186. The number of benzene rings is 9. The van der Waals surface area contributed by atoms with Gasteiger partial charge in [0.2, 0.25) is 29.6 Å². The highest BCUT2D eigenvalue weighted by Gasteiger charge is 2.51. The lowest BCUT2D eigenvalue weighted by molar-refractivity contribution is -0.138. The lowest BCUT2D eigenvalue weighted by Crippen LogP contribution is -2.34. The third kappa shape index (κ3) is 15.0. The van der Waals surface area contributed by atoms with Gasteiger partial charge < -0.3 is 20.9 Å². The molecule has 6 amide bonds. The number of halogens is 9. The molecule has 6 heterocycles. The smallest absolute Gasteiger partial charge is 0.330 e. The van der Waals surface area contributed by atoms with E-state index < -0.39 is 85.9 Å². The monoisotopic (exact) mass is 1540 g/mol. The van der Waals surface area contributed by atoms with E-state index in [1.807, 2.05) is 20.8 Å². The van der Waals surface area contributed by atoms with Crippen LogP contribution in [-0.4, -0.2) is 65.2 Å². The number of imidazole rings is 1. The number of hydrogen-bond donors (Lipinski definition) is 4. The van der Waals surface area contributed by atoms with E-state index in [9.17, 15) is 68.3 Å². The lowest BCUT2D eigenvalue weighted by Gasteiger charge is -2.21. The maximum absolute atomic E-state index is 13.9. The van der Waals surface area contributed by atoms with E-state index >= 15 is 0 Å². The van der Waals surface area contributed by atoms with Gasteiger partial charge in [0.15, 0.2) is 5.82 Å². The molecule has 0 radical (unpaired) electrons. The minimum absolute atomic E-state index is 0.201. The van der Waals surface area contributed by atoms with E-state index in [1.54, 1.807) is 205 Å². The SMILES string of the molecule is Cc1ccc(NC(=O)c2cc(-c3cccc4c3C(C)(C)C(=O)N4c3ccn(C)n3)ccc2C(F)(F)F)cc1.Cc1ccc(NC(=O)c2cc(-c3cccc4c3C(C)(C)C(=O)N4c3ncc[nH]3)ccc2C(F)(F)F)cc1.Cc1ccc(NC(=O)c2cc(-c3cccc4c3C(C)(C)C(=O)N4c3ncccn3)ccc2C(F)(F)F)cc1. The van der Waals surface area contributed by atoms with Gasteiger partial charge in [-0.15, -0.1) is 0 Å². The number of carbonyl (C=O) groups excluding carboxylic acids is 6. The Morgan fingerprint density at radius 3 is 1.06 bits per heavy atom. The first-order chi connectivity index (χ1) is 53.3. The van der Waals surface area contributed by atoms with Gasteiger partial charge in [0, 0.05) is 61.2 Å². The van der Waals surface area contributed by atoms with Crippen LogP contribution in [0.3, 0.4) is 0 Å². The van der Waals surface area contributed by atoms with Crippen LogP contribution in [-0.2, 0) is 56.2 Å². The van der Waals surface area contributed by atoms with Crippen molar-refractivity contribution in [3.05, 3.63) is 292 Å². The molecule has 9 aromatic carbocycles. The topological polar surface area (TPSA) is 221 Å². The van der Waals surface area contributed by atoms with Crippen molar-refractivity contribution < 1.29 is 68.3 Å². The average Bonchev–Trinajstić information content (AvgIpc) is 1.59. The molecule has 0 atom stereocenters. The van der Waals surface area contributed by atoms with Crippen molar-refractivity contribution in [1.29, 1.82) is 0 Å². The van der Waals surface area contributed by atoms with Crippen LogP contribution in [0.1, 0.15) is 123 Å². The minimum Gasteiger partial charge on any atom is -0.330 e. The van der Waals surface area contributed by atoms with Gasteiger partial charge in [0.25, 0.3) is 17.7 Å². The predicted molar refractivity (Wildman–Crippen MR) is 412 cm³/mol. The van der Waals surface area contributed by atoms with Gasteiger partial charge in [0.05, 0.1) is 66.7 Å². The zero-order valence-electron chi connectivity index (χ0n) is 62.3. The molecule has 0 saturated heterocycles. The average molecular weight is 1540 g/mol. The molecule has 15 rings (SSSR count). The number of fused-ring (bicyclic) bond motifs is 3. The van der Waals surface area contributed by atoms with E-state index in [1.165, 1.54) is 69.7 Å². The molecule has 0 bridgehead atoms. The maximum Gasteiger partial charge on any atom is 0.417 e. The molecule has 4 N–H and O–H groups in total. The molecule has 0 spiro atoms. The van der Waals surface area contributed by atoms with E-state index in [2.05, 4.69) is 41.0 Å². The Balaban J connectivity index is 0.000000148. The van der Waals surface area contributed by atoms with Crippen molar-refractivity contribution in [3.63, 3.8) is 0 Å². The fourth-order valence-corrected chi connectivity index (χ4v) is 14.2. The normalized spacial score (nSPS) is 14.5. The summed E-state index contributed by atoms with van der Waals surface area (Å²) in [4.78, 5) is 99.7. The first-order valence-corrected chi connectivity index (χ1v) is 35.3. The summed E-state index contributed by atoms with van der Waals surface area (Å²) in [6.07, 6.45) is -6.29. The number of alkyl halides is 9. The molecule has 18 nitrogen and oxygen atoms in total. The van der Waals surface area contributed by atoms with Gasteiger partial charge >= 0.3 is 18.5 Å². The number of aryl methyl sites for hydroxylation is 4. The Hall–Kier alpha value is -13.3. The zero-order chi connectivity index (χ0) is 81.2. The van der Waals surface area contributed by atoms with Crippen LogP contribution in [0.2, 0.25) is 0 Å². The largest absolute Gasteiger partial charge is 0.417 e. The van der Waals surface area contributed by atoms with Crippen LogP contribution >= 0.6 is 0 Å². The van der Waals surface area contributed by atoms with Crippen LogP contribution in [0.5, 0.6) is 0 Å². The van der Waals surface area contributed by atoms with Crippen molar-refractivity contribution >= 4 is 87.3 Å². The summed E-state index contributed by atoms with van der Waals surface area (Å²) in [6, 6.07) is 49.8. The molecule has 574 valence electrons. The highest BCUT2D eigenvalue weighted by Crippen LogP contribution is 2.53. The number of rotatable bonds is 12. The molecule has 27 heteroatoms. The van der Waals surface area contributed by atoms with Crippen LogP contribution in [0.4, 0.5) is 91.4 Å². The van der Waals surface area contributed by atoms with Gasteiger partial charge in [-0.05, 0) is 209 Å². The van der Waals surface area contributed by atoms with Crippen LogP contribution in [0.25, 0.3) is 33.4 Å². The van der Waals surface area contributed by atoms with E-state index in [4.69, 9.17) is 0 Å². The fourth-order valence-electron chi connectivity index (χ4n) is 14.2. The van der Waals surface area contributed by atoms with Gasteiger partial charge in [0.1, 0.15) is 0 Å². The molecule has 0 unspecified atom stereocenters. The molecule has 3 aliphatic rings. The number of aromatic amines is 1. The predicted octanol–water partition coefficient (Wildman–Crippen LogP) is 19.9. The number of nitrogens with zero attached hydrogens (tertiary/aromatic N) is 8. The Labute approximate surface area is 642 Å². The lowest BCUT2D eigenvalue weighted by atomic mass is 9.81. The molecule has 0 saturated carbocycles. The second-order valence-corrected chi connectivity index (χ2v) is 28.9. The molecular formula is C86H71F9N12O6. The summed E-state index contributed by atoms with van der Waals surface area (Å²) < 4.78 is 127. The van der Waals surface area contributed by atoms with Gasteiger partial charge in [-0.25, -0.2) is 24.8 Å². The molecule has 0 fully saturated rings. The van der Waals surface area contributed by atoms with Crippen LogP contribution in [0.15, 0.2) is 225 Å². The highest BCUT2D eigenvalue weighted by molar-refractivity contribution is 6.17. The molecular weight excluding hydrogens is 1470 g/mol. The zero-order valence-corrected chi connectivity index (χ0v) is 62.3. The number of anilines is 9. The standard InChI is InChI=1S/C29H25F3N4O2.C29H23F3N4O2.C28H23F3N4O2/c1-17-8-11-19(12-9-17)33-26(37)21-16-18(10-13-22(21)29(30,31)32)20-6-5-7-23-25(20)28(2,3)27(38)36(23)24-14-15-35(4)34-24;1-17-8-11-19(12-9-17)35-25(37)21-16-18(10-13-22(21)29(30,31)32)20-6-4-7-23-24(20)28(2,3)26(38)36(23)27-33-14-5-15-34-27;1-16-7-10-18(11-8-16)34-24(36)20-15-17(9-12-21(20)28(29,30)31)19-5-4-6-22-23(19)27(2,3)25(37)35(22)26-32-13-14-33-26/h5-16H,1-4H3,(H,33,37);4-16H,1-3H3,(H,35,37);4-15H,1-3H3,(H,32,33)(H,34,36). The maximum atomic E-state index is 13.9. The number of H-pyrrole nitrogens is 1. The number of amides is 6. The molecule has 3 aromatic heterocycles. The highest BCUT2D eigenvalue weighted by atomic mass is 19.4. The van der Waals surface area contributed by atoms with Crippen molar-refractivity contribution in [1.82, 2.24) is 29.7 Å². The van der Waals surface area contributed by atoms with Crippen LogP contribution in [0, 0.1) is 20.8 Å². The Bertz CT molecular complexity index is 5740. The van der Waals surface area contributed by atoms with Gasteiger partial charge in [-0.2, -0.15) is 44.6 Å². The summed E-state index contributed by atoms with van der Waals surface area (Å²) in [5, 5.41) is 12.1. The summed E-state index contributed by atoms with van der Waals surface area (Å²) in [5.41, 5.74) is 2.79. The van der Waals surface area contributed by atoms with Crippen LogP contribution < -0.4 is 30.7 Å². The van der Waals surface area contributed by atoms with E-state index in [-0.39, 0.29) is 23.7 Å². The van der Waals surface area contributed by atoms with Crippen molar-refractivity contribution in [2.75, 3.05) is 30.7 Å². The summed E-state index contributed by atoms with van der Waals surface area (Å²) >= 11 is 0. The Kier molecular flexibility index (Phi) is 20.3. The number of aromatic nitrogens is 6. The Morgan fingerprint density at radius 2 is 0.735 bits per heavy atom. The first kappa shape index (κ1) is 77.8. The molecule has 0 aliphatic carbocycles. The molecule has 113 heavy (non-hydrogen) atoms. The van der Waals surface area contributed by atoms with Gasteiger partial charge in [-0.3, -0.25) is 38.3 Å². The van der Waals surface area contributed by atoms with Crippen molar-refractivity contribution in [2.24, 2.45) is 7.05 Å². The Morgan fingerprint density at radius 1 is 0.398 bits per heavy atom. The van der Waals surface area contributed by atoms with E-state index in [0.29, 0.717) is 96.0 Å².